The predicted molar refractivity (Wildman–Crippen MR) is 79.1 cm³/mol. The number of benzene rings is 1. The van der Waals surface area contributed by atoms with Gasteiger partial charge in [-0.2, -0.15) is 0 Å². The molecule has 1 saturated heterocycles. The van der Waals surface area contributed by atoms with Gasteiger partial charge in [0.15, 0.2) is 0 Å². The standard InChI is InChI=1S/C16H22N2O2/c1-3-13(2)17-8-10-18(11-9-17)16(20)15-6-4-14(12-19)5-7-15/h4-7,12-13H,3,8-11H2,1-2H3. The van der Waals surface area contributed by atoms with E-state index in [4.69, 9.17) is 0 Å². The summed E-state index contributed by atoms with van der Waals surface area (Å²) in [5.41, 5.74) is 1.26. The molecule has 1 aliphatic heterocycles. The Morgan fingerprint density at radius 2 is 1.80 bits per heavy atom. The first-order valence-corrected chi connectivity index (χ1v) is 7.24. The van der Waals surface area contributed by atoms with E-state index in [2.05, 4.69) is 18.7 Å². The zero-order valence-electron chi connectivity index (χ0n) is 12.2. The molecule has 0 radical (unpaired) electrons. The first kappa shape index (κ1) is 14.7. The van der Waals surface area contributed by atoms with Gasteiger partial charge in [-0.15, -0.1) is 0 Å². The lowest BCUT2D eigenvalue weighted by Crippen LogP contribution is -2.51. The highest BCUT2D eigenvalue weighted by atomic mass is 16.2. The number of piperazine rings is 1. The maximum atomic E-state index is 12.4. The first-order valence-electron chi connectivity index (χ1n) is 7.24. The third kappa shape index (κ3) is 3.25. The molecule has 0 spiro atoms. The average Bonchev–Trinajstić information content (AvgIpc) is 2.53. The third-order valence-electron chi connectivity index (χ3n) is 4.11. The molecule has 4 heteroatoms. The van der Waals surface area contributed by atoms with Gasteiger partial charge in [-0.05, 0) is 25.5 Å². The van der Waals surface area contributed by atoms with Crippen molar-refractivity contribution in [2.45, 2.75) is 26.3 Å². The zero-order valence-corrected chi connectivity index (χ0v) is 12.2. The van der Waals surface area contributed by atoms with Gasteiger partial charge in [-0.3, -0.25) is 14.5 Å². The van der Waals surface area contributed by atoms with Gasteiger partial charge in [0, 0.05) is 43.3 Å². The Balaban J connectivity index is 1.95. The van der Waals surface area contributed by atoms with Crippen LogP contribution in [0.1, 0.15) is 41.0 Å². The van der Waals surface area contributed by atoms with E-state index in [-0.39, 0.29) is 5.91 Å². The smallest absolute Gasteiger partial charge is 0.253 e. The summed E-state index contributed by atoms with van der Waals surface area (Å²) in [5.74, 6) is 0.0613. The minimum Gasteiger partial charge on any atom is -0.336 e. The van der Waals surface area contributed by atoms with E-state index >= 15 is 0 Å². The second kappa shape index (κ2) is 6.66. The van der Waals surface area contributed by atoms with Crippen LogP contribution in [0.25, 0.3) is 0 Å². The molecule has 1 aromatic rings. The normalized spacial score (nSPS) is 17.8. The molecule has 1 unspecified atom stereocenters. The fourth-order valence-corrected chi connectivity index (χ4v) is 2.51. The minimum absolute atomic E-state index is 0.0613. The van der Waals surface area contributed by atoms with Crippen LogP contribution in [-0.4, -0.2) is 54.2 Å². The topological polar surface area (TPSA) is 40.6 Å². The minimum atomic E-state index is 0.0613. The number of carbonyl (C=O) groups excluding carboxylic acids is 2. The fourth-order valence-electron chi connectivity index (χ4n) is 2.51. The van der Waals surface area contributed by atoms with Gasteiger partial charge < -0.3 is 4.90 Å². The Bertz CT molecular complexity index is 462. The monoisotopic (exact) mass is 274 g/mol. The molecule has 20 heavy (non-hydrogen) atoms. The van der Waals surface area contributed by atoms with Crippen LogP contribution in [0.5, 0.6) is 0 Å². The number of rotatable bonds is 4. The van der Waals surface area contributed by atoms with E-state index in [0.29, 0.717) is 17.2 Å². The van der Waals surface area contributed by atoms with Crippen molar-refractivity contribution in [1.29, 1.82) is 0 Å². The summed E-state index contributed by atoms with van der Waals surface area (Å²) < 4.78 is 0. The molecule has 4 nitrogen and oxygen atoms in total. The number of aldehydes is 1. The second-order valence-corrected chi connectivity index (χ2v) is 5.33. The second-order valence-electron chi connectivity index (χ2n) is 5.33. The molecule has 108 valence electrons. The molecular formula is C16H22N2O2. The summed E-state index contributed by atoms with van der Waals surface area (Å²) >= 11 is 0. The molecule has 1 fully saturated rings. The summed E-state index contributed by atoms with van der Waals surface area (Å²) in [6.07, 6.45) is 1.93. The molecule has 1 atom stereocenters. The molecule has 1 aliphatic rings. The van der Waals surface area contributed by atoms with Gasteiger partial charge in [0.05, 0.1) is 0 Å². The summed E-state index contributed by atoms with van der Waals surface area (Å²) in [4.78, 5) is 27.3. The van der Waals surface area contributed by atoms with Gasteiger partial charge in [0.25, 0.3) is 5.91 Å². The Kier molecular flexibility index (Phi) is 4.90. The Labute approximate surface area is 120 Å². The van der Waals surface area contributed by atoms with Crippen molar-refractivity contribution in [2.24, 2.45) is 0 Å². The van der Waals surface area contributed by atoms with E-state index in [1.807, 2.05) is 4.90 Å². The molecule has 0 saturated carbocycles. The Hall–Kier alpha value is -1.68. The maximum absolute atomic E-state index is 12.4. The van der Waals surface area contributed by atoms with E-state index < -0.39 is 0 Å². The van der Waals surface area contributed by atoms with Gasteiger partial charge in [-0.1, -0.05) is 19.1 Å². The van der Waals surface area contributed by atoms with Crippen LogP contribution in [-0.2, 0) is 0 Å². The largest absolute Gasteiger partial charge is 0.336 e. The van der Waals surface area contributed by atoms with Crippen LogP contribution in [0.3, 0.4) is 0 Å². The molecule has 1 heterocycles. The summed E-state index contributed by atoms with van der Waals surface area (Å²) in [7, 11) is 0. The van der Waals surface area contributed by atoms with Crippen molar-refractivity contribution >= 4 is 12.2 Å². The number of amides is 1. The molecular weight excluding hydrogens is 252 g/mol. The molecule has 0 N–H and O–H groups in total. The zero-order chi connectivity index (χ0) is 14.5. The summed E-state index contributed by atoms with van der Waals surface area (Å²) in [6, 6.07) is 7.42. The van der Waals surface area contributed by atoms with Crippen LogP contribution >= 0.6 is 0 Å². The fraction of sp³-hybridized carbons (Fsp3) is 0.500. The molecule has 0 aliphatic carbocycles. The van der Waals surface area contributed by atoms with Crippen molar-refractivity contribution in [3.05, 3.63) is 35.4 Å². The van der Waals surface area contributed by atoms with E-state index in [0.717, 1.165) is 38.9 Å². The maximum Gasteiger partial charge on any atom is 0.253 e. The number of carbonyl (C=O) groups is 2. The van der Waals surface area contributed by atoms with Crippen LogP contribution < -0.4 is 0 Å². The van der Waals surface area contributed by atoms with Crippen molar-refractivity contribution in [2.75, 3.05) is 26.2 Å². The SMILES string of the molecule is CCC(C)N1CCN(C(=O)c2ccc(C=O)cc2)CC1. The lowest BCUT2D eigenvalue weighted by atomic mass is 10.1. The predicted octanol–water partition coefficient (Wildman–Crippen LogP) is 2.06. The van der Waals surface area contributed by atoms with E-state index in [1.165, 1.54) is 0 Å². The van der Waals surface area contributed by atoms with E-state index in [9.17, 15) is 9.59 Å². The van der Waals surface area contributed by atoms with Gasteiger partial charge >= 0.3 is 0 Å². The van der Waals surface area contributed by atoms with Crippen molar-refractivity contribution in [1.82, 2.24) is 9.80 Å². The molecule has 1 amide bonds. The van der Waals surface area contributed by atoms with Crippen LogP contribution in [0.15, 0.2) is 24.3 Å². The number of hydrogen-bond donors (Lipinski definition) is 0. The quantitative estimate of drug-likeness (QED) is 0.789. The summed E-state index contributed by atoms with van der Waals surface area (Å²) in [5, 5.41) is 0. The lowest BCUT2D eigenvalue weighted by Gasteiger charge is -2.37. The molecule has 0 aromatic heterocycles. The highest BCUT2D eigenvalue weighted by Crippen LogP contribution is 2.12. The van der Waals surface area contributed by atoms with Crippen LogP contribution in [0.4, 0.5) is 0 Å². The Morgan fingerprint density at radius 1 is 1.20 bits per heavy atom. The van der Waals surface area contributed by atoms with Gasteiger partial charge in [0.1, 0.15) is 6.29 Å². The third-order valence-corrected chi connectivity index (χ3v) is 4.11. The van der Waals surface area contributed by atoms with Crippen molar-refractivity contribution in [3.8, 4) is 0 Å². The molecule has 2 rings (SSSR count). The summed E-state index contributed by atoms with van der Waals surface area (Å²) in [6.45, 7) is 7.85. The number of hydrogen-bond acceptors (Lipinski definition) is 3. The van der Waals surface area contributed by atoms with Gasteiger partial charge in [0.2, 0.25) is 0 Å². The Morgan fingerprint density at radius 3 is 2.30 bits per heavy atom. The highest BCUT2D eigenvalue weighted by molar-refractivity contribution is 5.95. The highest BCUT2D eigenvalue weighted by Gasteiger charge is 2.23. The average molecular weight is 274 g/mol. The van der Waals surface area contributed by atoms with Crippen LogP contribution in [0, 0.1) is 0 Å². The van der Waals surface area contributed by atoms with E-state index in [1.54, 1.807) is 24.3 Å². The lowest BCUT2D eigenvalue weighted by molar-refractivity contribution is 0.0579. The van der Waals surface area contributed by atoms with Crippen LogP contribution in [0.2, 0.25) is 0 Å². The van der Waals surface area contributed by atoms with Crippen molar-refractivity contribution < 1.29 is 9.59 Å². The first-order chi connectivity index (χ1) is 9.65. The number of nitrogens with zero attached hydrogens (tertiary/aromatic N) is 2. The van der Waals surface area contributed by atoms with Crippen molar-refractivity contribution in [3.63, 3.8) is 0 Å². The van der Waals surface area contributed by atoms with Gasteiger partial charge in [-0.25, -0.2) is 0 Å². The molecule has 1 aromatic carbocycles. The molecule has 0 bridgehead atoms.